The van der Waals surface area contributed by atoms with Crippen molar-refractivity contribution in [2.45, 2.75) is 25.4 Å². The lowest BCUT2D eigenvalue weighted by Gasteiger charge is -2.33. The van der Waals surface area contributed by atoms with Crippen molar-refractivity contribution in [3.05, 3.63) is 78.3 Å². The summed E-state index contributed by atoms with van der Waals surface area (Å²) in [6.45, 7) is 1.17. The molecule has 2 aliphatic heterocycles. The number of halogens is 3. The molecule has 1 unspecified atom stereocenters. The molecule has 0 radical (unpaired) electrons. The summed E-state index contributed by atoms with van der Waals surface area (Å²) in [5, 5.41) is 3.69. The minimum atomic E-state index is -4.67. The molecule has 3 aromatic rings. The highest BCUT2D eigenvalue weighted by Crippen LogP contribution is 2.35. The first kappa shape index (κ1) is 26.6. The summed E-state index contributed by atoms with van der Waals surface area (Å²) < 4.78 is 73.7. The minimum absolute atomic E-state index is 0.0891. The van der Waals surface area contributed by atoms with E-state index in [-0.39, 0.29) is 43.1 Å². The number of anilines is 1. The van der Waals surface area contributed by atoms with Gasteiger partial charge in [-0.15, -0.1) is 5.10 Å². The summed E-state index contributed by atoms with van der Waals surface area (Å²) in [4.78, 5) is 16.6. The molecule has 1 N–H and O–H groups in total. The summed E-state index contributed by atoms with van der Waals surface area (Å²) in [7, 11) is -3.18. The fourth-order valence-corrected chi connectivity index (χ4v) is 5.38. The maximum atomic E-state index is 13.6. The number of nitrogens with one attached hydrogen (secondary N) is 1. The Labute approximate surface area is 222 Å². The van der Waals surface area contributed by atoms with E-state index in [0.29, 0.717) is 16.8 Å². The third-order valence-corrected chi connectivity index (χ3v) is 8.24. The van der Waals surface area contributed by atoms with Crippen molar-refractivity contribution >= 4 is 27.5 Å². The van der Waals surface area contributed by atoms with Crippen molar-refractivity contribution in [1.82, 2.24) is 10.3 Å². The quantitative estimate of drug-likeness (QED) is 0.496. The molecule has 0 spiro atoms. The first-order valence-corrected chi connectivity index (χ1v) is 13.9. The second kappa shape index (κ2) is 9.95. The number of carbonyl (C=O) groups excluding carboxylic acids is 1. The van der Waals surface area contributed by atoms with E-state index in [4.69, 9.17) is 9.15 Å². The fourth-order valence-electron chi connectivity index (χ4n) is 4.18. The largest absolute Gasteiger partial charge is 0.472 e. The number of rotatable bonds is 5. The van der Waals surface area contributed by atoms with Crippen LogP contribution in [-0.2, 0) is 21.1 Å². The van der Waals surface area contributed by atoms with Crippen LogP contribution in [0.4, 0.5) is 23.7 Å². The number of alkyl halides is 3. The molecule has 1 saturated heterocycles. The van der Waals surface area contributed by atoms with E-state index in [9.17, 15) is 26.4 Å². The number of ether oxygens (including phenoxy) is 1. The average Bonchev–Trinajstić information content (AvgIpc) is 3.58. The van der Waals surface area contributed by atoms with Gasteiger partial charge in [-0.2, -0.15) is 13.2 Å². The second-order valence-corrected chi connectivity index (χ2v) is 11.7. The number of nitrogens with zero attached hydrogens (tertiary/aromatic N) is 3. The molecule has 9 nitrogen and oxygen atoms in total. The highest BCUT2D eigenvalue weighted by molar-refractivity contribution is 7.91. The lowest BCUT2D eigenvalue weighted by Crippen LogP contribution is -2.51. The van der Waals surface area contributed by atoms with Gasteiger partial charge in [-0.3, -0.25) is 10.3 Å². The zero-order valence-electron chi connectivity index (χ0n) is 20.8. The number of amides is 2. The van der Waals surface area contributed by atoms with E-state index in [2.05, 4.69) is 5.10 Å². The van der Waals surface area contributed by atoms with Crippen LogP contribution in [-0.4, -0.2) is 61.7 Å². The molecule has 0 aliphatic carbocycles. The van der Waals surface area contributed by atoms with E-state index in [1.165, 1.54) is 9.80 Å². The van der Waals surface area contributed by atoms with Crippen molar-refractivity contribution in [1.29, 1.82) is 0 Å². The first-order valence-electron chi connectivity index (χ1n) is 12.0. The average molecular weight is 563 g/mol. The van der Waals surface area contributed by atoms with E-state index in [0.717, 1.165) is 18.1 Å². The SMILES string of the molecule is CC1(C(F)(F)F)NN=C(c2ccc(CN(C(=O)N3CCS(=O)(=O)CC3)c3ccc(-c4ccoc4)cc3)cc2)O1. The van der Waals surface area contributed by atoms with E-state index in [1.807, 2.05) is 23.6 Å². The Bertz CT molecular complexity index is 1460. The topological polar surface area (TPSA) is 104 Å². The Morgan fingerprint density at radius 3 is 2.23 bits per heavy atom. The van der Waals surface area contributed by atoms with Crippen LogP contribution >= 0.6 is 0 Å². The Morgan fingerprint density at radius 1 is 1.03 bits per heavy atom. The van der Waals surface area contributed by atoms with E-state index in [1.54, 1.807) is 48.9 Å². The smallest absolute Gasteiger partial charge is 0.449 e. The summed E-state index contributed by atoms with van der Waals surface area (Å²) in [6, 6.07) is 15.2. The second-order valence-electron chi connectivity index (χ2n) is 9.43. The maximum Gasteiger partial charge on any atom is 0.449 e. The number of hydrogen-bond donors (Lipinski definition) is 1. The standard InChI is InChI=1S/C26H25F3N4O5S/c1-25(26(27,28)29)31-30-23(38-25)20-4-2-18(3-5-20)16-33(24(34)32-11-14-39(35,36)15-12-32)22-8-6-19(7-9-22)21-10-13-37-17-21/h2-10,13,17,31H,11-12,14-16H2,1H3. The predicted octanol–water partition coefficient (Wildman–Crippen LogP) is 4.36. The van der Waals surface area contributed by atoms with Gasteiger partial charge in [-0.25, -0.2) is 13.2 Å². The summed E-state index contributed by atoms with van der Waals surface area (Å²) in [5.41, 5.74) is 2.78. The van der Waals surface area contributed by atoms with Gasteiger partial charge in [0, 0.05) is 36.8 Å². The molecule has 0 saturated carbocycles. The Hall–Kier alpha value is -4.00. The summed E-state index contributed by atoms with van der Waals surface area (Å²) >= 11 is 0. The predicted molar refractivity (Wildman–Crippen MR) is 138 cm³/mol. The fraction of sp³-hybridized carbons (Fsp3) is 0.308. The van der Waals surface area contributed by atoms with Crippen LogP contribution in [0.2, 0.25) is 0 Å². The van der Waals surface area contributed by atoms with E-state index < -0.39 is 21.7 Å². The van der Waals surface area contributed by atoms with Crippen LogP contribution in [0.25, 0.3) is 11.1 Å². The molecular weight excluding hydrogens is 537 g/mol. The number of benzene rings is 2. The third-order valence-electron chi connectivity index (χ3n) is 6.63. The molecule has 206 valence electrons. The monoisotopic (exact) mass is 562 g/mol. The van der Waals surface area contributed by atoms with Crippen LogP contribution < -0.4 is 10.3 Å². The number of hydrogen-bond acceptors (Lipinski definition) is 7. The van der Waals surface area contributed by atoms with Gasteiger partial charge in [0.25, 0.3) is 5.72 Å². The number of furan rings is 1. The van der Waals surface area contributed by atoms with Crippen LogP contribution in [0.3, 0.4) is 0 Å². The number of sulfone groups is 1. The highest BCUT2D eigenvalue weighted by atomic mass is 32.2. The van der Waals surface area contributed by atoms with Crippen molar-refractivity contribution in [2.24, 2.45) is 5.10 Å². The summed E-state index contributed by atoms with van der Waals surface area (Å²) in [5.74, 6) is -0.403. The van der Waals surface area contributed by atoms with Gasteiger partial charge < -0.3 is 14.1 Å². The zero-order valence-corrected chi connectivity index (χ0v) is 21.6. The Balaban J connectivity index is 1.37. The van der Waals surface area contributed by atoms with Crippen LogP contribution in [0.5, 0.6) is 0 Å². The molecule has 1 aromatic heterocycles. The van der Waals surface area contributed by atoms with E-state index >= 15 is 0 Å². The molecule has 3 heterocycles. The Morgan fingerprint density at radius 2 is 1.67 bits per heavy atom. The summed E-state index contributed by atoms with van der Waals surface area (Å²) in [6.07, 6.45) is -1.49. The molecular formula is C26H25F3N4O5S. The van der Waals surface area contributed by atoms with Crippen molar-refractivity contribution in [2.75, 3.05) is 29.5 Å². The van der Waals surface area contributed by atoms with Gasteiger partial charge in [0.05, 0.1) is 30.6 Å². The molecule has 1 fully saturated rings. The van der Waals surface area contributed by atoms with Crippen molar-refractivity contribution < 1.29 is 35.5 Å². The highest BCUT2D eigenvalue weighted by Gasteiger charge is 2.57. The molecule has 2 amide bonds. The van der Waals surface area contributed by atoms with Crippen LogP contribution in [0.15, 0.2) is 76.6 Å². The number of hydrazone groups is 1. The lowest BCUT2D eigenvalue weighted by molar-refractivity contribution is -0.250. The maximum absolute atomic E-state index is 13.6. The molecule has 0 bridgehead atoms. The normalized spacial score (nSPS) is 20.6. The van der Waals surface area contributed by atoms with Gasteiger partial charge in [0.1, 0.15) is 0 Å². The number of carbonyl (C=O) groups is 1. The Kier molecular flexibility index (Phi) is 6.79. The van der Waals surface area contributed by atoms with Gasteiger partial charge in [-0.05, 0) is 41.5 Å². The van der Waals surface area contributed by atoms with Crippen LogP contribution in [0, 0.1) is 0 Å². The minimum Gasteiger partial charge on any atom is -0.472 e. The first-order chi connectivity index (χ1) is 18.4. The van der Waals surface area contributed by atoms with Gasteiger partial charge in [-0.1, -0.05) is 24.3 Å². The van der Waals surface area contributed by atoms with Crippen LogP contribution in [0.1, 0.15) is 18.1 Å². The molecule has 5 rings (SSSR count). The van der Waals surface area contributed by atoms with Gasteiger partial charge in [0.15, 0.2) is 9.84 Å². The van der Waals surface area contributed by atoms with Crippen molar-refractivity contribution in [3.63, 3.8) is 0 Å². The molecule has 13 heteroatoms. The third kappa shape index (κ3) is 5.58. The molecule has 2 aromatic carbocycles. The molecule has 1 atom stereocenters. The lowest BCUT2D eigenvalue weighted by atomic mass is 10.1. The number of urea groups is 1. The van der Waals surface area contributed by atoms with Gasteiger partial charge >= 0.3 is 12.2 Å². The molecule has 2 aliphatic rings. The molecule has 39 heavy (non-hydrogen) atoms. The zero-order chi connectivity index (χ0) is 27.8. The van der Waals surface area contributed by atoms with Gasteiger partial charge in [0.2, 0.25) is 5.90 Å². The van der Waals surface area contributed by atoms with Crippen molar-refractivity contribution in [3.8, 4) is 11.1 Å².